The van der Waals surface area contributed by atoms with Crippen molar-refractivity contribution in [3.8, 4) is 0 Å². The Bertz CT molecular complexity index is 72.6. The number of hydrogen-bond acceptors (Lipinski definition) is 3. The highest BCUT2D eigenvalue weighted by Gasteiger charge is 2.06. The number of hydrogen-bond donors (Lipinski definition) is 3. The van der Waals surface area contributed by atoms with E-state index < -0.39 is 18.6 Å². The van der Waals surface area contributed by atoms with Gasteiger partial charge in [0.1, 0.15) is 6.04 Å². The SMILES string of the molecule is NC(CO)[13C](=O)O. The molecule has 0 amide bonds. The molecule has 0 aliphatic heterocycles. The number of aliphatic hydroxyl groups excluding tert-OH is 1. The molecule has 0 aromatic carbocycles. The van der Waals surface area contributed by atoms with E-state index in [2.05, 4.69) is 0 Å². The fraction of sp³-hybridized carbons (Fsp3) is 0.667. The third-order valence-electron chi connectivity index (χ3n) is 0.514. The summed E-state index contributed by atoms with van der Waals surface area (Å²) in [4.78, 5) is 9.65. The van der Waals surface area contributed by atoms with Crippen LogP contribution in [0.15, 0.2) is 0 Å². The molecule has 0 aromatic heterocycles. The average Bonchev–Trinajstić information content (AvgIpc) is 1.65. The zero-order valence-electron chi connectivity index (χ0n) is 3.66. The maximum absolute atomic E-state index is 9.65. The monoisotopic (exact) mass is 106 g/mol. The van der Waals surface area contributed by atoms with Crippen LogP contribution in [-0.4, -0.2) is 28.8 Å². The van der Waals surface area contributed by atoms with Crippen LogP contribution in [0.25, 0.3) is 0 Å². The summed E-state index contributed by atoms with van der Waals surface area (Å²) in [6.45, 7) is -0.505. The molecule has 0 fully saturated rings. The normalized spacial score (nSPS) is 13.4. The van der Waals surface area contributed by atoms with Crippen LogP contribution in [0.2, 0.25) is 0 Å². The Morgan fingerprint density at radius 2 is 2.29 bits per heavy atom. The van der Waals surface area contributed by atoms with E-state index in [9.17, 15) is 4.79 Å². The second kappa shape index (κ2) is 2.54. The van der Waals surface area contributed by atoms with Gasteiger partial charge in [-0.05, 0) is 0 Å². The highest BCUT2D eigenvalue weighted by molar-refractivity contribution is 5.73. The number of aliphatic carboxylic acids is 1. The number of carbonyl (C=O) groups is 1. The minimum absolute atomic E-state index is 0.505. The van der Waals surface area contributed by atoms with Crippen LogP contribution in [0.3, 0.4) is 0 Å². The highest BCUT2D eigenvalue weighted by Crippen LogP contribution is 1.71. The van der Waals surface area contributed by atoms with Gasteiger partial charge in [-0.1, -0.05) is 0 Å². The van der Waals surface area contributed by atoms with E-state index in [0.29, 0.717) is 0 Å². The molecule has 0 heterocycles. The predicted octanol–water partition coefficient (Wildman–Crippen LogP) is -1.61. The van der Waals surface area contributed by atoms with Crippen LogP contribution in [0, 0.1) is 0 Å². The Balaban J connectivity index is 3.34. The van der Waals surface area contributed by atoms with E-state index in [1.54, 1.807) is 0 Å². The quantitative estimate of drug-likeness (QED) is 0.370. The van der Waals surface area contributed by atoms with Crippen molar-refractivity contribution in [1.29, 1.82) is 0 Å². The summed E-state index contributed by atoms with van der Waals surface area (Å²) in [5.41, 5.74) is 4.77. The van der Waals surface area contributed by atoms with Gasteiger partial charge >= 0.3 is 5.97 Å². The number of nitrogens with two attached hydrogens (primary N) is 1. The molecule has 0 aliphatic rings. The zero-order chi connectivity index (χ0) is 5.86. The first-order valence-electron chi connectivity index (χ1n) is 1.77. The van der Waals surface area contributed by atoms with Gasteiger partial charge in [0, 0.05) is 0 Å². The molecule has 0 bridgehead atoms. The van der Waals surface area contributed by atoms with Crippen molar-refractivity contribution in [1.82, 2.24) is 0 Å². The number of carboxylic acid groups (broad SMARTS) is 1. The van der Waals surface area contributed by atoms with E-state index in [0.717, 1.165) is 0 Å². The van der Waals surface area contributed by atoms with Crippen molar-refractivity contribution < 1.29 is 15.0 Å². The standard InChI is InChI=1S/C3H7NO3/c4-2(1-5)3(6)7/h2,5H,1,4H2,(H,6,7)/i3+1. The molecule has 4 heteroatoms. The molecule has 0 spiro atoms. The van der Waals surface area contributed by atoms with E-state index in [-0.39, 0.29) is 0 Å². The largest absolute Gasteiger partial charge is 0.480 e. The lowest BCUT2D eigenvalue weighted by molar-refractivity contribution is -0.139. The minimum atomic E-state index is -1.18. The van der Waals surface area contributed by atoms with Crippen LogP contribution >= 0.6 is 0 Å². The molecule has 42 valence electrons. The van der Waals surface area contributed by atoms with Gasteiger partial charge in [0.15, 0.2) is 0 Å². The van der Waals surface area contributed by atoms with Crippen LogP contribution < -0.4 is 5.73 Å². The molecule has 0 aromatic rings. The third kappa shape index (κ3) is 2.13. The molecule has 1 atom stereocenters. The minimum Gasteiger partial charge on any atom is -0.480 e. The summed E-state index contributed by atoms with van der Waals surface area (Å²) in [6, 6.07) is -1.13. The first-order chi connectivity index (χ1) is 3.18. The first-order valence-corrected chi connectivity index (χ1v) is 1.77. The molecule has 0 saturated carbocycles. The van der Waals surface area contributed by atoms with E-state index >= 15 is 0 Å². The summed E-state index contributed by atoms with van der Waals surface area (Å²) in [5.74, 6) is -1.18. The van der Waals surface area contributed by atoms with E-state index in [4.69, 9.17) is 15.9 Å². The Morgan fingerprint density at radius 1 is 1.86 bits per heavy atom. The van der Waals surface area contributed by atoms with Crippen molar-refractivity contribution in [2.24, 2.45) is 5.73 Å². The molecule has 0 saturated heterocycles. The van der Waals surface area contributed by atoms with Crippen molar-refractivity contribution in [2.45, 2.75) is 6.04 Å². The molecule has 1 unspecified atom stereocenters. The van der Waals surface area contributed by atoms with Gasteiger partial charge in [-0.3, -0.25) is 4.79 Å². The van der Waals surface area contributed by atoms with Gasteiger partial charge in [0.05, 0.1) is 6.61 Å². The lowest BCUT2D eigenvalue weighted by Gasteiger charge is -1.96. The molecular formula is C3H7NO3. The van der Waals surface area contributed by atoms with E-state index in [1.165, 1.54) is 0 Å². The maximum atomic E-state index is 9.65. The van der Waals surface area contributed by atoms with Crippen LogP contribution in [0.5, 0.6) is 0 Å². The third-order valence-corrected chi connectivity index (χ3v) is 0.514. The Kier molecular flexibility index (Phi) is 2.32. The number of carboxylic acids is 1. The first kappa shape index (κ1) is 6.39. The van der Waals surface area contributed by atoms with Crippen molar-refractivity contribution in [3.63, 3.8) is 0 Å². The fourth-order valence-electron chi connectivity index (χ4n) is 0.0781. The van der Waals surface area contributed by atoms with Crippen molar-refractivity contribution in [2.75, 3.05) is 6.61 Å². The van der Waals surface area contributed by atoms with Crippen LogP contribution in [0.4, 0.5) is 0 Å². The lowest BCUT2D eigenvalue weighted by atomic mass is 10.5. The number of aliphatic hydroxyl groups is 1. The Morgan fingerprint density at radius 3 is 2.29 bits per heavy atom. The Labute approximate surface area is 40.6 Å². The van der Waals surface area contributed by atoms with Crippen LogP contribution in [-0.2, 0) is 4.79 Å². The van der Waals surface area contributed by atoms with Crippen molar-refractivity contribution in [3.05, 3.63) is 0 Å². The average molecular weight is 106 g/mol. The van der Waals surface area contributed by atoms with Crippen LogP contribution in [0.1, 0.15) is 0 Å². The van der Waals surface area contributed by atoms with Gasteiger partial charge in [-0.2, -0.15) is 0 Å². The smallest absolute Gasteiger partial charge is 0.322 e. The lowest BCUT2D eigenvalue weighted by Crippen LogP contribution is -2.33. The molecular weight excluding hydrogens is 99.0 g/mol. The molecule has 4 N–H and O–H groups in total. The summed E-state index contributed by atoms with van der Waals surface area (Å²) >= 11 is 0. The number of rotatable bonds is 2. The fourth-order valence-corrected chi connectivity index (χ4v) is 0.0781. The second-order valence-electron chi connectivity index (χ2n) is 1.13. The summed E-state index contributed by atoms with van der Waals surface area (Å²) < 4.78 is 0. The molecule has 0 radical (unpaired) electrons. The maximum Gasteiger partial charge on any atom is 0.322 e. The molecule has 0 rings (SSSR count). The second-order valence-corrected chi connectivity index (χ2v) is 1.13. The summed E-state index contributed by atoms with van der Waals surface area (Å²) in [7, 11) is 0. The van der Waals surface area contributed by atoms with Crippen molar-refractivity contribution >= 4 is 5.97 Å². The predicted molar refractivity (Wildman–Crippen MR) is 22.7 cm³/mol. The Hall–Kier alpha value is -0.610. The molecule has 0 aliphatic carbocycles. The zero-order valence-corrected chi connectivity index (χ0v) is 3.66. The summed E-state index contributed by atoms with van der Waals surface area (Å²) in [6.07, 6.45) is 0. The van der Waals surface area contributed by atoms with E-state index in [1.807, 2.05) is 0 Å². The van der Waals surface area contributed by atoms with Gasteiger partial charge in [0.25, 0.3) is 0 Å². The van der Waals surface area contributed by atoms with Gasteiger partial charge in [-0.15, -0.1) is 0 Å². The molecule has 4 nitrogen and oxygen atoms in total. The van der Waals surface area contributed by atoms with Gasteiger partial charge < -0.3 is 15.9 Å². The topological polar surface area (TPSA) is 83.5 Å². The summed E-state index contributed by atoms with van der Waals surface area (Å²) in [5, 5.41) is 15.9. The van der Waals surface area contributed by atoms with Gasteiger partial charge in [-0.25, -0.2) is 0 Å². The highest BCUT2D eigenvalue weighted by atomic mass is 16.5. The molecule has 7 heavy (non-hydrogen) atoms. The van der Waals surface area contributed by atoms with Gasteiger partial charge in [0.2, 0.25) is 0 Å².